The normalized spacial score (nSPS) is 20.8. The van der Waals surface area contributed by atoms with Crippen LogP contribution in [-0.4, -0.2) is 30.0 Å². The van der Waals surface area contributed by atoms with E-state index in [1.165, 1.54) is 0 Å². The number of benzene rings is 1. The first-order valence-electron chi connectivity index (χ1n) is 8.33. The SMILES string of the molecule is CC1CNCCC1NC(=O)CCc1ncc(-c2ccccc2Br)o1. The summed E-state index contributed by atoms with van der Waals surface area (Å²) in [6.45, 7) is 4.08. The minimum Gasteiger partial charge on any atom is -0.441 e. The second-order valence-electron chi connectivity index (χ2n) is 6.24. The van der Waals surface area contributed by atoms with Gasteiger partial charge >= 0.3 is 0 Å². The molecule has 2 aromatic rings. The van der Waals surface area contributed by atoms with E-state index in [0.717, 1.165) is 29.5 Å². The van der Waals surface area contributed by atoms with Crippen LogP contribution in [0.3, 0.4) is 0 Å². The first-order valence-corrected chi connectivity index (χ1v) is 9.12. The van der Waals surface area contributed by atoms with Gasteiger partial charge in [-0.1, -0.05) is 41.1 Å². The lowest BCUT2D eigenvalue weighted by atomic mass is 9.95. The van der Waals surface area contributed by atoms with Gasteiger partial charge in [0.15, 0.2) is 11.7 Å². The quantitative estimate of drug-likeness (QED) is 0.821. The Morgan fingerprint density at radius 3 is 3.08 bits per heavy atom. The van der Waals surface area contributed by atoms with E-state index >= 15 is 0 Å². The van der Waals surface area contributed by atoms with Crippen molar-refractivity contribution in [2.24, 2.45) is 5.92 Å². The maximum atomic E-state index is 12.2. The van der Waals surface area contributed by atoms with Crippen LogP contribution in [0.25, 0.3) is 11.3 Å². The fourth-order valence-electron chi connectivity index (χ4n) is 2.94. The van der Waals surface area contributed by atoms with Gasteiger partial charge in [0.2, 0.25) is 5.91 Å². The van der Waals surface area contributed by atoms with Gasteiger partial charge in [0.05, 0.1) is 6.20 Å². The van der Waals surface area contributed by atoms with E-state index < -0.39 is 0 Å². The van der Waals surface area contributed by atoms with Crippen LogP contribution < -0.4 is 10.6 Å². The van der Waals surface area contributed by atoms with Gasteiger partial charge in [0.1, 0.15) is 0 Å². The number of hydrogen-bond acceptors (Lipinski definition) is 4. The molecule has 5 nitrogen and oxygen atoms in total. The molecule has 0 spiro atoms. The van der Waals surface area contributed by atoms with Crippen molar-refractivity contribution in [1.82, 2.24) is 15.6 Å². The van der Waals surface area contributed by atoms with Gasteiger partial charge in [0.25, 0.3) is 0 Å². The molecular weight excluding hydrogens is 370 g/mol. The maximum absolute atomic E-state index is 12.2. The molecular formula is C18H22BrN3O2. The summed E-state index contributed by atoms with van der Waals surface area (Å²) in [7, 11) is 0. The first-order chi connectivity index (χ1) is 11.6. The zero-order chi connectivity index (χ0) is 16.9. The molecule has 24 heavy (non-hydrogen) atoms. The molecule has 6 heteroatoms. The predicted octanol–water partition coefficient (Wildman–Crippen LogP) is 3.15. The topological polar surface area (TPSA) is 67.2 Å². The molecule has 1 amide bonds. The van der Waals surface area contributed by atoms with Crippen LogP contribution in [0.15, 0.2) is 39.4 Å². The summed E-state index contributed by atoms with van der Waals surface area (Å²) >= 11 is 3.51. The summed E-state index contributed by atoms with van der Waals surface area (Å²) < 4.78 is 6.74. The molecule has 0 radical (unpaired) electrons. The Morgan fingerprint density at radius 2 is 2.29 bits per heavy atom. The first kappa shape index (κ1) is 17.2. The predicted molar refractivity (Wildman–Crippen MR) is 96.5 cm³/mol. The molecule has 1 aliphatic rings. The number of hydrogen-bond donors (Lipinski definition) is 2. The lowest BCUT2D eigenvalue weighted by Crippen LogP contribution is -2.48. The lowest BCUT2D eigenvalue weighted by Gasteiger charge is -2.30. The standard InChI is InChI=1S/C18H22BrN3O2/c1-12-10-20-9-8-15(12)22-17(23)6-7-18-21-11-16(24-18)13-4-2-3-5-14(13)19/h2-5,11-12,15,20H,6-10H2,1H3,(H,22,23). The van der Waals surface area contributed by atoms with Gasteiger partial charge in [0, 0.05) is 28.9 Å². The molecule has 2 N–H and O–H groups in total. The number of amides is 1. The number of nitrogens with zero attached hydrogens (tertiary/aromatic N) is 1. The van der Waals surface area contributed by atoms with E-state index in [2.05, 4.69) is 38.5 Å². The Labute approximate surface area is 150 Å². The Hall–Kier alpha value is -1.66. The van der Waals surface area contributed by atoms with E-state index in [9.17, 15) is 4.79 Å². The molecule has 1 fully saturated rings. The molecule has 2 heterocycles. The highest BCUT2D eigenvalue weighted by atomic mass is 79.9. The Bertz CT molecular complexity index is 701. The van der Waals surface area contributed by atoms with Gasteiger partial charge in [-0.05, 0) is 31.5 Å². The number of oxazole rings is 1. The Balaban J connectivity index is 1.54. The average molecular weight is 392 g/mol. The maximum Gasteiger partial charge on any atom is 0.220 e. The number of halogens is 1. The number of carbonyl (C=O) groups excluding carboxylic acids is 1. The van der Waals surface area contributed by atoms with Gasteiger partial charge in [-0.15, -0.1) is 0 Å². The third-order valence-electron chi connectivity index (χ3n) is 4.39. The zero-order valence-corrected chi connectivity index (χ0v) is 15.3. The molecule has 1 aromatic heterocycles. The summed E-state index contributed by atoms with van der Waals surface area (Å²) in [5.74, 6) is 1.83. The van der Waals surface area contributed by atoms with Gasteiger partial charge in [-0.2, -0.15) is 0 Å². The molecule has 1 aromatic carbocycles. The van der Waals surface area contributed by atoms with E-state index in [4.69, 9.17) is 4.42 Å². The van der Waals surface area contributed by atoms with Crippen molar-refractivity contribution in [3.63, 3.8) is 0 Å². The van der Waals surface area contributed by atoms with Crippen molar-refractivity contribution < 1.29 is 9.21 Å². The number of aryl methyl sites for hydroxylation is 1. The lowest BCUT2D eigenvalue weighted by molar-refractivity contribution is -0.122. The summed E-state index contributed by atoms with van der Waals surface area (Å²) in [6, 6.07) is 8.11. The molecule has 0 bridgehead atoms. The fraction of sp³-hybridized carbons (Fsp3) is 0.444. The van der Waals surface area contributed by atoms with Crippen LogP contribution in [0.2, 0.25) is 0 Å². The smallest absolute Gasteiger partial charge is 0.220 e. The van der Waals surface area contributed by atoms with Crippen LogP contribution >= 0.6 is 15.9 Å². The third-order valence-corrected chi connectivity index (χ3v) is 5.08. The van der Waals surface area contributed by atoms with Crippen LogP contribution in [0.5, 0.6) is 0 Å². The molecule has 2 unspecified atom stereocenters. The third kappa shape index (κ3) is 4.24. The molecule has 128 valence electrons. The molecule has 0 aliphatic carbocycles. The molecule has 2 atom stereocenters. The number of nitrogens with one attached hydrogen (secondary N) is 2. The Kier molecular flexibility index (Phi) is 5.68. The molecule has 3 rings (SSSR count). The van der Waals surface area contributed by atoms with Gasteiger partial charge < -0.3 is 15.1 Å². The minimum absolute atomic E-state index is 0.0643. The van der Waals surface area contributed by atoms with Crippen LogP contribution in [-0.2, 0) is 11.2 Å². The fourth-order valence-corrected chi connectivity index (χ4v) is 3.42. The number of piperidine rings is 1. The highest BCUT2D eigenvalue weighted by Crippen LogP contribution is 2.28. The summed E-state index contributed by atoms with van der Waals surface area (Å²) in [5, 5.41) is 6.47. The van der Waals surface area contributed by atoms with Crippen LogP contribution in [0.1, 0.15) is 25.7 Å². The number of aromatic nitrogens is 1. The van der Waals surface area contributed by atoms with Crippen LogP contribution in [0, 0.1) is 5.92 Å². The summed E-state index contributed by atoms with van der Waals surface area (Å²) in [4.78, 5) is 16.4. The van der Waals surface area contributed by atoms with Crippen molar-refractivity contribution in [1.29, 1.82) is 0 Å². The van der Waals surface area contributed by atoms with E-state index in [0.29, 0.717) is 30.4 Å². The Morgan fingerprint density at radius 1 is 1.46 bits per heavy atom. The van der Waals surface area contributed by atoms with Crippen molar-refractivity contribution in [3.05, 3.63) is 40.8 Å². The monoisotopic (exact) mass is 391 g/mol. The van der Waals surface area contributed by atoms with E-state index in [1.807, 2.05) is 24.3 Å². The van der Waals surface area contributed by atoms with Gasteiger partial charge in [-0.25, -0.2) is 4.98 Å². The highest BCUT2D eigenvalue weighted by Gasteiger charge is 2.22. The minimum atomic E-state index is 0.0643. The van der Waals surface area contributed by atoms with Gasteiger partial charge in [-0.3, -0.25) is 4.79 Å². The zero-order valence-electron chi connectivity index (χ0n) is 13.7. The molecule has 1 aliphatic heterocycles. The summed E-state index contributed by atoms with van der Waals surface area (Å²) in [6.07, 6.45) is 3.60. The van der Waals surface area contributed by atoms with Crippen molar-refractivity contribution in [3.8, 4) is 11.3 Å². The van der Waals surface area contributed by atoms with Crippen molar-refractivity contribution in [2.45, 2.75) is 32.2 Å². The van der Waals surface area contributed by atoms with E-state index in [-0.39, 0.29) is 11.9 Å². The van der Waals surface area contributed by atoms with Crippen LogP contribution in [0.4, 0.5) is 0 Å². The summed E-state index contributed by atoms with van der Waals surface area (Å²) in [5.41, 5.74) is 0.962. The highest BCUT2D eigenvalue weighted by molar-refractivity contribution is 9.10. The number of carbonyl (C=O) groups is 1. The van der Waals surface area contributed by atoms with E-state index in [1.54, 1.807) is 6.20 Å². The molecule has 0 saturated carbocycles. The largest absolute Gasteiger partial charge is 0.441 e. The molecule has 1 saturated heterocycles. The second-order valence-corrected chi connectivity index (χ2v) is 7.10. The second kappa shape index (κ2) is 7.94. The number of rotatable bonds is 5. The average Bonchev–Trinajstić information content (AvgIpc) is 3.04. The van der Waals surface area contributed by atoms with Crippen molar-refractivity contribution >= 4 is 21.8 Å². The van der Waals surface area contributed by atoms with Crippen molar-refractivity contribution in [2.75, 3.05) is 13.1 Å².